The monoisotopic (exact) mass is 360 g/mol. The molecule has 134 valence electrons. The molecule has 0 N–H and O–H groups in total. The maximum atomic E-state index is 6.26. The lowest BCUT2D eigenvalue weighted by Crippen LogP contribution is -2.45. The molecule has 0 spiro atoms. The molecule has 1 aliphatic rings. The van der Waals surface area contributed by atoms with Crippen molar-refractivity contribution in [2.75, 3.05) is 45.3 Å². The summed E-state index contributed by atoms with van der Waals surface area (Å²) in [5.41, 5.74) is 3.57. The first-order chi connectivity index (χ1) is 12.1. The first kappa shape index (κ1) is 17.9. The number of anilines is 1. The summed E-state index contributed by atoms with van der Waals surface area (Å²) in [5.74, 6) is 1.56. The normalized spacial score (nSPS) is 15.3. The molecular formula is C20H25ClN2O2. The highest BCUT2D eigenvalue weighted by molar-refractivity contribution is 6.31. The van der Waals surface area contributed by atoms with Crippen molar-refractivity contribution in [2.24, 2.45) is 0 Å². The van der Waals surface area contributed by atoms with Gasteiger partial charge in [0, 0.05) is 43.4 Å². The zero-order valence-corrected chi connectivity index (χ0v) is 15.8. The van der Waals surface area contributed by atoms with Gasteiger partial charge in [-0.1, -0.05) is 23.7 Å². The fraction of sp³-hybridized carbons (Fsp3) is 0.400. The van der Waals surface area contributed by atoms with Gasteiger partial charge in [0.25, 0.3) is 0 Å². The van der Waals surface area contributed by atoms with Crippen molar-refractivity contribution in [1.29, 1.82) is 0 Å². The number of piperazine rings is 1. The van der Waals surface area contributed by atoms with Crippen molar-refractivity contribution in [3.05, 3.63) is 52.5 Å². The van der Waals surface area contributed by atoms with E-state index in [0.717, 1.165) is 54.8 Å². The van der Waals surface area contributed by atoms with Crippen LogP contribution in [-0.2, 0) is 6.54 Å². The number of hydrogen-bond donors (Lipinski definition) is 0. The third kappa shape index (κ3) is 4.20. The van der Waals surface area contributed by atoms with Crippen molar-refractivity contribution >= 4 is 17.3 Å². The molecule has 0 amide bonds. The lowest BCUT2D eigenvalue weighted by atomic mass is 10.1. The van der Waals surface area contributed by atoms with Gasteiger partial charge < -0.3 is 14.4 Å². The van der Waals surface area contributed by atoms with Gasteiger partial charge in [-0.25, -0.2) is 0 Å². The summed E-state index contributed by atoms with van der Waals surface area (Å²) in [6.07, 6.45) is 0. The standard InChI is InChI=1S/C20H25ClN2O2/c1-15-4-6-17(13-18(15)21)23-10-8-22(9-11-23)14-16-5-7-19(24-2)20(12-16)25-3/h4-7,12-13H,8-11,14H2,1-3H3. The van der Waals surface area contributed by atoms with E-state index < -0.39 is 0 Å². The minimum absolute atomic E-state index is 0.771. The molecule has 0 radical (unpaired) electrons. The highest BCUT2D eigenvalue weighted by Gasteiger charge is 2.18. The number of nitrogens with zero attached hydrogens (tertiary/aromatic N) is 2. The van der Waals surface area contributed by atoms with Crippen molar-refractivity contribution in [2.45, 2.75) is 13.5 Å². The molecule has 4 nitrogen and oxygen atoms in total. The molecule has 0 atom stereocenters. The Balaban J connectivity index is 1.60. The molecule has 0 unspecified atom stereocenters. The van der Waals surface area contributed by atoms with Gasteiger partial charge in [-0.3, -0.25) is 4.90 Å². The van der Waals surface area contributed by atoms with E-state index in [4.69, 9.17) is 21.1 Å². The van der Waals surface area contributed by atoms with Crippen LogP contribution in [0.4, 0.5) is 5.69 Å². The summed E-state index contributed by atoms with van der Waals surface area (Å²) in [7, 11) is 3.33. The van der Waals surface area contributed by atoms with E-state index >= 15 is 0 Å². The SMILES string of the molecule is COc1ccc(CN2CCN(c3ccc(C)c(Cl)c3)CC2)cc1OC. The highest BCUT2D eigenvalue weighted by Crippen LogP contribution is 2.28. The molecule has 1 heterocycles. The molecule has 0 aliphatic carbocycles. The van der Waals surface area contributed by atoms with Gasteiger partial charge in [0.05, 0.1) is 14.2 Å². The molecule has 1 aliphatic heterocycles. The molecule has 1 saturated heterocycles. The van der Waals surface area contributed by atoms with E-state index in [1.165, 1.54) is 11.3 Å². The second-order valence-electron chi connectivity index (χ2n) is 6.39. The largest absolute Gasteiger partial charge is 0.493 e. The Morgan fingerprint density at radius 2 is 1.64 bits per heavy atom. The van der Waals surface area contributed by atoms with Crippen molar-refractivity contribution in [3.63, 3.8) is 0 Å². The minimum Gasteiger partial charge on any atom is -0.493 e. The van der Waals surface area contributed by atoms with Crippen LogP contribution in [0.15, 0.2) is 36.4 Å². The smallest absolute Gasteiger partial charge is 0.161 e. The van der Waals surface area contributed by atoms with E-state index in [2.05, 4.69) is 40.1 Å². The number of rotatable bonds is 5. The van der Waals surface area contributed by atoms with Crippen molar-refractivity contribution in [1.82, 2.24) is 4.90 Å². The van der Waals surface area contributed by atoms with E-state index in [0.29, 0.717) is 0 Å². The maximum absolute atomic E-state index is 6.26. The summed E-state index contributed by atoms with van der Waals surface area (Å²) >= 11 is 6.26. The quantitative estimate of drug-likeness (QED) is 0.805. The zero-order chi connectivity index (χ0) is 17.8. The number of ether oxygens (including phenoxy) is 2. The molecule has 3 rings (SSSR count). The maximum Gasteiger partial charge on any atom is 0.161 e. The van der Waals surface area contributed by atoms with E-state index in [9.17, 15) is 0 Å². The molecule has 0 bridgehead atoms. The fourth-order valence-electron chi connectivity index (χ4n) is 3.18. The van der Waals surface area contributed by atoms with Gasteiger partial charge in [-0.05, 0) is 42.3 Å². The fourth-order valence-corrected chi connectivity index (χ4v) is 3.35. The Hall–Kier alpha value is -1.91. The Labute approximate surface area is 154 Å². The first-order valence-corrected chi connectivity index (χ1v) is 8.93. The Kier molecular flexibility index (Phi) is 5.71. The average Bonchev–Trinajstić information content (AvgIpc) is 2.64. The van der Waals surface area contributed by atoms with E-state index in [-0.39, 0.29) is 0 Å². The predicted molar refractivity (Wildman–Crippen MR) is 103 cm³/mol. The molecule has 2 aromatic carbocycles. The summed E-state index contributed by atoms with van der Waals surface area (Å²) in [5, 5.41) is 0.838. The molecule has 0 aromatic heterocycles. The summed E-state index contributed by atoms with van der Waals surface area (Å²) in [6, 6.07) is 12.5. The second kappa shape index (κ2) is 7.98. The zero-order valence-electron chi connectivity index (χ0n) is 15.1. The molecule has 2 aromatic rings. The number of benzene rings is 2. The third-order valence-electron chi connectivity index (χ3n) is 4.75. The van der Waals surface area contributed by atoms with Crippen LogP contribution in [0.25, 0.3) is 0 Å². The Bertz CT molecular complexity index is 728. The number of halogens is 1. The second-order valence-corrected chi connectivity index (χ2v) is 6.79. The van der Waals surface area contributed by atoms with Crippen LogP contribution in [0.5, 0.6) is 11.5 Å². The van der Waals surface area contributed by atoms with Crippen LogP contribution in [0, 0.1) is 6.92 Å². The van der Waals surface area contributed by atoms with Gasteiger partial charge in [-0.2, -0.15) is 0 Å². The highest BCUT2D eigenvalue weighted by atomic mass is 35.5. The topological polar surface area (TPSA) is 24.9 Å². The van der Waals surface area contributed by atoms with Crippen LogP contribution in [0.1, 0.15) is 11.1 Å². The first-order valence-electron chi connectivity index (χ1n) is 8.55. The number of methoxy groups -OCH3 is 2. The lowest BCUT2D eigenvalue weighted by molar-refractivity contribution is 0.249. The molecule has 1 fully saturated rings. The van der Waals surface area contributed by atoms with Gasteiger partial charge in [0.2, 0.25) is 0 Å². The van der Waals surface area contributed by atoms with Crippen LogP contribution in [-0.4, -0.2) is 45.3 Å². The van der Waals surface area contributed by atoms with Crippen LogP contribution >= 0.6 is 11.6 Å². The van der Waals surface area contributed by atoms with Crippen LogP contribution in [0.3, 0.4) is 0 Å². The molecule has 0 saturated carbocycles. The van der Waals surface area contributed by atoms with E-state index in [1.807, 2.05) is 13.0 Å². The molecule has 5 heteroatoms. The molecular weight excluding hydrogens is 336 g/mol. The van der Waals surface area contributed by atoms with Crippen LogP contribution in [0.2, 0.25) is 5.02 Å². The van der Waals surface area contributed by atoms with E-state index in [1.54, 1.807) is 14.2 Å². The molecule has 25 heavy (non-hydrogen) atoms. The van der Waals surface area contributed by atoms with Crippen LogP contribution < -0.4 is 14.4 Å². The van der Waals surface area contributed by atoms with Gasteiger partial charge in [-0.15, -0.1) is 0 Å². The van der Waals surface area contributed by atoms with Gasteiger partial charge in [0.15, 0.2) is 11.5 Å². The predicted octanol–water partition coefficient (Wildman–Crippen LogP) is 3.99. The summed E-state index contributed by atoms with van der Waals surface area (Å²) in [4.78, 5) is 4.87. The number of aryl methyl sites for hydroxylation is 1. The lowest BCUT2D eigenvalue weighted by Gasteiger charge is -2.36. The number of hydrogen-bond acceptors (Lipinski definition) is 4. The summed E-state index contributed by atoms with van der Waals surface area (Å²) < 4.78 is 10.7. The third-order valence-corrected chi connectivity index (χ3v) is 5.15. The van der Waals surface area contributed by atoms with Crippen molar-refractivity contribution < 1.29 is 9.47 Å². The minimum atomic E-state index is 0.771. The van der Waals surface area contributed by atoms with Gasteiger partial charge >= 0.3 is 0 Å². The Morgan fingerprint density at radius 1 is 0.920 bits per heavy atom. The van der Waals surface area contributed by atoms with Crippen molar-refractivity contribution in [3.8, 4) is 11.5 Å². The summed E-state index contributed by atoms with van der Waals surface area (Å²) in [6.45, 7) is 7.02. The average molecular weight is 361 g/mol. The van der Waals surface area contributed by atoms with Gasteiger partial charge in [0.1, 0.15) is 0 Å². The Morgan fingerprint density at radius 3 is 2.28 bits per heavy atom.